The van der Waals surface area contributed by atoms with Crippen molar-refractivity contribution in [1.29, 1.82) is 0 Å². The lowest BCUT2D eigenvalue weighted by molar-refractivity contribution is 0.837. The van der Waals surface area contributed by atoms with Gasteiger partial charge >= 0.3 is 0 Å². The second kappa shape index (κ2) is 5.88. The Labute approximate surface area is 131 Å². The Kier molecular flexibility index (Phi) is 4.62. The lowest BCUT2D eigenvalue weighted by Gasteiger charge is -2.16. The summed E-state index contributed by atoms with van der Waals surface area (Å²) in [5.74, 6) is 0. The lowest BCUT2D eigenvalue weighted by atomic mass is 10.2. The Morgan fingerprint density at radius 2 is 1.74 bits per heavy atom. The number of anilines is 1. The fourth-order valence-electron chi connectivity index (χ4n) is 1.88. The Bertz CT molecular complexity index is 610. The average molecular weight is 336 g/mol. The summed E-state index contributed by atoms with van der Waals surface area (Å²) < 4.78 is 0. The number of benzene rings is 1. The normalized spacial score (nSPS) is 12.5. The quantitative estimate of drug-likeness (QED) is 0.707. The molecule has 1 heterocycles. The van der Waals surface area contributed by atoms with Crippen LogP contribution in [0.4, 0.5) is 5.69 Å². The Morgan fingerprint density at radius 3 is 2.32 bits per heavy atom. The van der Waals surface area contributed by atoms with Crippen molar-refractivity contribution in [2.45, 2.75) is 26.8 Å². The monoisotopic (exact) mass is 334 g/mol. The van der Waals surface area contributed by atoms with E-state index in [0.29, 0.717) is 15.1 Å². The number of aryl methyl sites for hydroxylation is 2. The molecule has 0 bridgehead atoms. The first kappa shape index (κ1) is 14.9. The lowest BCUT2D eigenvalue weighted by Crippen LogP contribution is -2.08. The van der Waals surface area contributed by atoms with Crippen molar-refractivity contribution in [1.82, 2.24) is 4.98 Å². The Hall–Kier alpha value is -0.480. The standard InChI is InChI=1S/C13H13Cl3N2S/c1-6(13-7(2)19-8(3)18-13)17-12-5-10(15)9(14)4-11(12)16/h4-6,17H,1-3H3. The second-order valence-electron chi connectivity index (χ2n) is 4.29. The van der Waals surface area contributed by atoms with Gasteiger partial charge in [-0.2, -0.15) is 0 Å². The van der Waals surface area contributed by atoms with Crippen molar-refractivity contribution in [3.05, 3.63) is 42.8 Å². The molecular formula is C13H13Cl3N2S. The predicted octanol–water partition coefficient (Wildman–Crippen LogP) is 5.89. The van der Waals surface area contributed by atoms with Crippen molar-refractivity contribution < 1.29 is 0 Å². The molecule has 0 radical (unpaired) electrons. The van der Waals surface area contributed by atoms with Crippen LogP contribution in [0.25, 0.3) is 0 Å². The second-order valence-corrected chi connectivity index (χ2v) is 6.92. The van der Waals surface area contributed by atoms with Crippen LogP contribution < -0.4 is 5.32 Å². The van der Waals surface area contributed by atoms with Crippen LogP contribution in [0.5, 0.6) is 0 Å². The molecular weight excluding hydrogens is 323 g/mol. The van der Waals surface area contributed by atoms with Gasteiger partial charge in [-0.05, 0) is 32.9 Å². The van der Waals surface area contributed by atoms with E-state index in [0.717, 1.165) is 16.4 Å². The first-order valence-corrected chi connectivity index (χ1v) is 7.68. The minimum Gasteiger partial charge on any atom is -0.376 e. The fraction of sp³-hybridized carbons (Fsp3) is 0.308. The molecule has 102 valence electrons. The molecule has 0 saturated carbocycles. The molecule has 1 aromatic carbocycles. The van der Waals surface area contributed by atoms with Gasteiger partial charge in [0.25, 0.3) is 0 Å². The molecule has 19 heavy (non-hydrogen) atoms. The zero-order valence-corrected chi connectivity index (χ0v) is 13.8. The maximum atomic E-state index is 6.15. The van der Waals surface area contributed by atoms with E-state index in [1.165, 1.54) is 4.88 Å². The van der Waals surface area contributed by atoms with Gasteiger partial charge in [0, 0.05) is 4.88 Å². The number of nitrogens with one attached hydrogen (secondary N) is 1. The predicted molar refractivity (Wildman–Crippen MR) is 85.1 cm³/mol. The van der Waals surface area contributed by atoms with Crippen molar-refractivity contribution in [3.8, 4) is 0 Å². The van der Waals surface area contributed by atoms with Crippen LogP contribution in [-0.4, -0.2) is 4.98 Å². The minimum absolute atomic E-state index is 0.0553. The summed E-state index contributed by atoms with van der Waals surface area (Å²) in [4.78, 5) is 5.73. The number of hydrogen-bond donors (Lipinski definition) is 1. The topological polar surface area (TPSA) is 24.9 Å². The van der Waals surface area contributed by atoms with Gasteiger partial charge in [-0.15, -0.1) is 11.3 Å². The number of halogens is 3. The number of aromatic nitrogens is 1. The number of rotatable bonds is 3. The van der Waals surface area contributed by atoms with Crippen molar-refractivity contribution >= 4 is 51.8 Å². The summed E-state index contributed by atoms with van der Waals surface area (Å²) in [5, 5.41) is 5.85. The molecule has 0 aliphatic carbocycles. The molecule has 6 heteroatoms. The number of hydrogen-bond acceptors (Lipinski definition) is 3. The zero-order valence-electron chi connectivity index (χ0n) is 10.7. The molecule has 1 aromatic heterocycles. The molecule has 2 aromatic rings. The van der Waals surface area contributed by atoms with Crippen molar-refractivity contribution in [2.75, 3.05) is 5.32 Å². The maximum Gasteiger partial charge on any atom is 0.0901 e. The van der Waals surface area contributed by atoms with Crippen LogP contribution in [0.2, 0.25) is 15.1 Å². The number of thiazole rings is 1. The third kappa shape index (κ3) is 3.34. The van der Waals surface area contributed by atoms with Crippen LogP contribution in [0.15, 0.2) is 12.1 Å². The molecule has 0 aliphatic rings. The highest BCUT2D eigenvalue weighted by Crippen LogP contribution is 2.34. The van der Waals surface area contributed by atoms with Gasteiger partial charge < -0.3 is 5.32 Å². The van der Waals surface area contributed by atoms with E-state index in [2.05, 4.69) is 17.2 Å². The van der Waals surface area contributed by atoms with Crippen LogP contribution in [0.1, 0.15) is 28.5 Å². The summed E-state index contributed by atoms with van der Waals surface area (Å²) in [5.41, 5.74) is 1.79. The van der Waals surface area contributed by atoms with E-state index >= 15 is 0 Å². The summed E-state index contributed by atoms with van der Waals surface area (Å²) in [6.45, 7) is 6.11. The zero-order chi connectivity index (χ0) is 14.2. The molecule has 2 nitrogen and oxygen atoms in total. The minimum atomic E-state index is 0.0553. The average Bonchev–Trinajstić information content (AvgIpc) is 2.65. The van der Waals surface area contributed by atoms with Gasteiger partial charge in [0.1, 0.15) is 0 Å². The number of nitrogens with zero attached hydrogens (tertiary/aromatic N) is 1. The molecule has 0 aliphatic heterocycles. The molecule has 2 rings (SSSR count). The van der Waals surface area contributed by atoms with E-state index in [4.69, 9.17) is 34.8 Å². The van der Waals surface area contributed by atoms with Crippen molar-refractivity contribution in [3.63, 3.8) is 0 Å². The third-order valence-electron chi connectivity index (χ3n) is 2.73. The Morgan fingerprint density at radius 1 is 1.11 bits per heavy atom. The van der Waals surface area contributed by atoms with Gasteiger partial charge in [0.2, 0.25) is 0 Å². The largest absolute Gasteiger partial charge is 0.376 e. The highest BCUT2D eigenvalue weighted by molar-refractivity contribution is 7.11. The summed E-state index contributed by atoms with van der Waals surface area (Å²) in [7, 11) is 0. The van der Waals surface area contributed by atoms with Gasteiger partial charge in [-0.25, -0.2) is 4.98 Å². The van der Waals surface area contributed by atoms with Gasteiger partial charge in [-0.3, -0.25) is 0 Å². The summed E-state index contributed by atoms with van der Waals surface area (Å²) >= 11 is 19.8. The van der Waals surface area contributed by atoms with E-state index in [1.807, 2.05) is 13.8 Å². The fourth-order valence-corrected chi connectivity index (χ4v) is 3.40. The van der Waals surface area contributed by atoms with Crippen molar-refractivity contribution in [2.24, 2.45) is 0 Å². The maximum absolute atomic E-state index is 6.15. The first-order chi connectivity index (χ1) is 8.88. The van der Waals surface area contributed by atoms with E-state index in [1.54, 1.807) is 23.5 Å². The van der Waals surface area contributed by atoms with E-state index in [-0.39, 0.29) is 6.04 Å². The summed E-state index contributed by atoms with van der Waals surface area (Å²) in [6.07, 6.45) is 0. The van der Waals surface area contributed by atoms with E-state index < -0.39 is 0 Å². The van der Waals surface area contributed by atoms with Crippen LogP contribution in [0.3, 0.4) is 0 Å². The highest BCUT2D eigenvalue weighted by Gasteiger charge is 2.15. The van der Waals surface area contributed by atoms with Crippen LogP contribution >= 0.6 is 46.1 Å². The molecule has 0 saturated heterocycles. The smallest absolute Gasteiger partial charge is 0.0901 e. The molecule has 1 atom stereocenters. The highest BCUT2D eigenvalue weighted by atomic mass is 35.5. The summed E-state index contributed by atoms with van der Waals surface area (Å²) in [6, 6.07) is 3.43. The Balaban J connectivity index is 2.26. The van der Waals surface area contributed by atoms with E-state index in [9.17, 15) is 0 Å². The molecule has 1 unspecified atom stereocenters. The first-order valence-electron chi connectivity index (χ1n) is 5.73. The third-order valence-corrected chi connectivity index (χ3v) is 4.67. The molecule has 0 amide bonds. The molecule has 1 N–H and O–H groups in total. The van der Waals surface area contributed by atoms with Gasteiger partial charge in [0.05, 0.1) is 37.5 Å². The van der Waals surface area contributed by atoms with Crippen LogP contribution in [0, 0.1) is 13.8 Å². The molecule has 0 spiro atoms. The van der Waals surface area contributed by atoms with Gasteiger partial charge in [0.15, 0.2) is 0 Å². The SMILES string of the molecule is Cc1nc(C(C)Nc2cc(Cl)c(Cl)cc2Cl)c(C)s1. The van der Waals surface area contributed by atoms with Crippen LogP contribution in [-0.2, 0) is 0 Å². The van der Waals surface area contributed by atoms with Gasteiger partial charge in [-0.1, -0.05) is 34.8 Å². The molecule has 0 fully saturated rings.